The van der Waals surface area contributed by atoms with Gasteiger partial charge in [0.2, 0.25) is 0 Å². The monoisotopic (exact) mass is 250 g/mol. The van der Waals surface area contributed by atoms with Gasteiger partial charge in [-0.25, -0.2) is 0 Å². The van der Waals surface area contributed by atoms with Gasteiger partial charge in [0.25, 0.3) is 0 Å². The first-order chi connectivity index (χ1) is 9.16. The Morgan fingerprint density at radius 3 is 2.53 bits per heavy atom. The number of ketones is 1. The van der Waals surface area contributed by atoms with Gasteiger partial charge in [0.1, 0.15) is 0 Å². The molecule has 3 nitrogen and oxygen atoms in total. The zero-order valence-corrected chi connectivity index (χ0v) is 10.9. The van der Waals surface area contributed by atoms with Crippen LogP contribution < -0.4 is 0 Å². The fourth-order valence-electron chi connectivity index (χ4n) is 2.36. The number of benzene rings is 2. The molecule has 0 amide bonds. The van der Waals surface area contributed by atoms with Crippen LogP contribution in [0.4, 0.5) is 0 Å². The second-order valence-corrected chi connectivity index (χ2v) is 4.70. The predicted octanol–water partition coefficient (Wildman–Crippen LogP) is 3.74. The van der Waals surface area contributed by atoms with E-state index in [9.17, 15) is 4.79 Å². The van der Waals surface area contributed by atoms with Crippen LogP contribution in [-0.2, 0) is 0 Å². The maximum absolute atomic E-state index is 11.3. The van der Waals surface area contributed by atoms with E-state index in [0.29, 0.717) is 0 Å². The number of carbonyl (C=O) groups is 1. The molecule has 3 aromatic rings. The Labute approximate surface area is 111 Å². The van der Waals surface area contributed by atoms with Crippen LogP contribution in [0.2, 0.25) is 0 Å². The second-order valence-electron chi connectivity index (χ2n) is 4.70. The molecule has 0 saturated heterocycles. The summed E-state index contributed by atoms with van der Waals surface area (Å²) >= 11 is 0. The molecule has 94 valence electrons. The van der Waals surface area contributed by atoms with Crippen molar-refractivity contribution >= 4 is 16.7 Å². The van der Waals surface area contributed by atoms with E-state index in [4.69, 9.17) is 0 Å². The minimum atomic E-state index is 0.0913. The summed E-state index contributed by atoms with van der Waals surface area (Å²) < 4.78 is 0. The third-order valence-electron chi connectivity index (χ3n) is 3.50. The molecule has 0 spiro atoms. The van der Waals surface area contributed by atoms with E-state index < -0.39 is 0 Å². The Morgan fingerprint density at radius 2 is 1.84 bits per heavy atom. The van der Waals surface area contributed by atoms with E-state index in [-0.39, 0.29) is 5.78 Å². The van der Waals surface area contributed by atoms with Crippen LogP contribution in [0.1, 0.15) is 22.8 Å². The van der Waals surface area contributed by atoms with Crippen LogP contribution in [0.5, 0.6) is 0 Å². The van der Waals surface area contributed by atoms with Gasteiger partial charge in [-0.1, -0.05) is 30.3 Å². The lowest BCUT2D eigenvalue weighted by atomic mass is 9.97. The van der Waals surface area contributed by atoms with E-state index in [1.165, 1.54) is 11.1 Å². The number of fused-ring (bicyclic) bond motifs is 1. The van der Waals surface area contributed by atoms with Crippen LogP contribution >= 0.6 is 0 Å². The highest BCUT2D eigenvalue weighted by molar-refractivity contribution is 5.95. The molecule has 19 heavy (non-hydrogen) atoms. The molecule has 1 N–H and O–H groups in total. The van der Waals surface area contributed by atoms with Gasteiger partial charge in [-0.3, -0.25) is 9.89 Å². The summed E-state index contributed by atoms with van der Waals surface area (Å²) in [5.74, 6) is 0.0913. The standard InChI is InChI=1S/C16H14N2O/c1-10-14(7-8-16-15(10)9-17-18-16)13-5-3-12(4-6-13)11(2)19/h3-9H,1-2H3,(H,17,18). The summed E-state index contributed by atoms with van der Waals surface area (Å²) in [4.78, 5) is 11.3. The van der Waals surface area contributed by atoms with Crippen molar-refractivity contribution in [3.8, 4) is 11.1 Å². The summed E-state index contributed by atoms with van der Waals surface area (Å²) in [6.45, 7) is 3.67. The molecule has 3 heteroatoms. The van der Waals surface area contributed by atoms with Crippen molar-refractivity contribution in [3.05, 3.63) is 53.7 Å². The smallest absolute Gasteiger partial charge is 0.159 e. The quantitative estimate of drug-likeness (QED) is 0.704. The molecule has 1 heterocycles. The lowest BCUT2D eigenvalue weighted by Crippen LogP contribution is -1.91. The maximum atomic E-state index is 11.3. The van der Waals surface area contributed by atoms with Crippen LogP contribution in [-0.4, -0.2) is 16.0 Å². The summed E-state index contributed by atoms with van der Waals surface area (Å²) in [6.07, 6.45) is 1.85. The molecular formula is C16H14N2O. The summed E-state index contributed by atoms with van der Waals surface area (Å²) in [7, 11) is 0. The Bertz CT molecular complexity index is 754. The molecule has 0 unspecified atom stereocenters. The number of aryl methyl sites for hydroxylation is 1. The number of nitrogens with zero attached hydrogens (tertiary/aromatic N) is 1. The first-order valence-corrected chi connectivity index (χ1v) is 6.21. The van der Waals surface area contributed by atoms with Crippen LogP contribution in [0, 0.1) is 6.92 Å². The highest BCUT2D eigenvalue weighted by atomic mass is 16.1. The van der Waals surface area contributed by atoms with Crippen molar-refractivity contribution in [2.24, 2.45) is 0 Å². The molecule has 0 bridgehead atoms. The zero-order valence-electron chi connectivity index (χ0n) is 10.9. The second kappa shape index (κ2) is 4.35. The largest absolute Gasteiger partial charge is 0.295 e. The summed E-state index contributed by atoms with van der Waals surface area (Å²) in [6, 6.07) is 11.8. The number of Topliss-reactive ketones (excluding diaryl/α,β-unsaturated/α-hetero) is 1. The molecule has 1 aromatic heterocycles. The minimum absolute atomic E-state index is 0.0913. The van der Waals surface area contributed by atoms with Gasteiger partial charge in [-0.05, 0) is 36.6 Å². The highest BCUT2D eigenvalue weighted by Crippen LogP contribution is 2.28. The minimum Gasteiger partial charge on any atom is -0.295 e. The molecule has 0 aliphatic heterocycles. The van der Waals surface area contributed by atoms with Crippen molar-refractivity contribution in [3.63, 3.8) is 0 Å². The summed E-state index contributed by atoms with van der Waals surface area (Å²) in [5.41, 5.74) is 5.27. The van der Waals surface area contributed by atoms with Gasteiger partial charge in [-0.15, -0.1) is 0 Å². The average molecular weight is 250 g/mol. The lowest BCUT2D eigenvalue weighted by molar-refractivity contribution is 0.101. The fraction of sp³-hybridized carbons (Fsp3) is 0.125. The molecule has 2 aromatic carbocycles. The first-order valence-electron chi connectivity index (χ1n) is 6.21. The third kappa shape index (κ3) is 1.93. The van der Waals surface area contributed by atoms with Crippen LogP contribution in [0.3, 0.4) is 0 Å². The van der Waals surface area contributed by atoms with Crippen molar-refractivity contribution in [1.29, 1.82) is 0 Å². The Kier molecular flexibility index (Phi) is 2.67. The number of carbonyl (C=O) groups excluding carboxylic acids is 1. The van der Waals surface area contributed by atoms with Crippen molar-refractivity contribution in [2.45, 2.75) is 13.8 Å². The van der Waals surface area contributed by atoms with Gasteiger partial charge in [0, 0.05) is 10.9 Å². The molecule has 0 atom stereocenters. The van der Waals surface area contributed by atoms with E-state index in [0.717, 1.165) is 22.0 Å². The number of aromatic nitrogens is 2. The first kappa shape index (κ1) is 11.7. The van der Waals surface area contributed by atoms with E-state index in [1.807, 2.05) is 36.5 Å². The number of H-pyrrole nitrogens is 1. The molecule has 0 aliphatic carbocycles. The molecular weight excluding hydrogens is 236 g/mol. The third-order valence-corrected chi connectivity index (χ3v) is 3.50. The van der Waals surface area contributed by atoms with E-state index in [2.05, 4.69) is 23.2 Å². The topological polar surface area (TPSA) is 45.8 Å². The van der Waals surface area contributed by atoms with Crippen molar-refractivity contribution < 1.29 is 4.79 Å². The fourth-order valence-corrected chi connectivity index (χ4v) is 2.36. The predicted molar refractivity (Wildman–Crippen MR) is 76.3 cm³/mol. The van der Waals surface area contributed by atoms with Gasteiger partial charge in [-0.2, -0.15) is 5.10 Å². The maximum Gasteiger partial charge on any atom is 0.159 e. The van der Waals surface area contributed by atoms with Gasteiger partial charge in [0.15, 0.2) is 5.78 Å². The molecule has 0 saturated carbocycles. The van der Waals surface area contributed by atoms with E-state index >= 15 is 0 Å². The number of hydrogen-bond acceptors (Lipinski definition) is 2. The normalized spacial score (nSPS) is 10.8. The molecule has 0 aliphatic rings. The number of hydrogen-bond donors (Lipinski definition) is 1. The summed E-state index contributed by atoms with van der Waals surface area (Å²) in [5, 5.41) is 8.17. The lowest BCUT2D eigenvalue weighted by Gasteiger charge is -2.07. The van der Waals surface area contributed by atoms with Crippen molar-refractivity contribution in [2.75, 3.05) is 0 Å². The van der Waals surface area contributed by atoms with Gasteiger partial charge < -0.3 is 0 Å². The zero-order chi connectivity index (χ0) is 13.4. The van der Waals surface area contributed by atoms with E-state index in [1.54, 1.807) is 6.92 Å². The number of nitrogens with one attached hydrogen (secondary N) is 1. The Hall–Kier alpha value is -2.42. The average Bonchev–Trinajstić information content (AvgIpc) is 2.88. The highest BCUT2D eigenvalue weighted by Gasteiger charge is 2.07. The molecule has 3 rings (SSSR count). The SMILES string of the molecule is CC(=O)c1ccc(-c2ccc3[nH]ncc3c2C)cc1. The van der Waals surface area contributed by atoms with Crippen LogP contribution in [0.15, 0.2) is 42.6 Å². The van der Waals surface area contributed by atoms with Gasteiger partial charge in [0.05, 0.1) is 11.7 Å². The molecule has 0 fully saturated rings. The Morgan fingerprint density at radius 1 is 1.11 bits per heavy atom. The molecule has 0 radical (unpaired) electrons. The number of aromatic amines is 1. The Balaban J connectivity index is 2.13. The number of rotatable bonds is 2. The van der Waals surface area contributed by atoms with Gasteiger partial charge >= 0.3 is 0 Å². The van der Waals surface area contributed by atoms with Crippen molar-refractivity contribution in [1.82, 2.24) is 10.2 Å². The van der Waals surface area contributed by atoms with Crippen LogP contribution in [0.25, 0.3) is 22.0 Å².